The number of alkyl carbamates (subject to hydrolysis) is 1. The molecule has 7 nitrogen and oxygen atoms in total. The third kappa shape index (κ3) is 9.76. The van der Waals surface area contributed by atoms with Crippen molar-refractivity contribution in [1.29, 1.82) is 0 Å². The van der Waals surface area contributed by atoms with Crippen molar-refractivity contribution >= 4 is 18.0 Å². The SMILES string of the molecule is CCOC(=O)/C(C)=C/[C@@H](NC(=O)[C@@H](NC(=O)OC(C)(C)C)C(C)(C)C)C(C)C. The monoisotopic (exact) mass is 398 g/mol. The lowest BCUT2D eigenvalue weighted by Gasteiger charge is -2.33. The summed E-state index contributed by atoms with van der Waals surface area (Å²) in [5, 5.41) is 5.59. The molecule has 7 heteroatoms. The Hall–Kier alpha value is -2.05. The third-order valence-electron chi connectivity index (χ3n) is 3.84. The maximum Gasteiger partial charge on any atom is 0.408 e. The van der Waals surface area contributed by atoms with Crippen molar-refractivity contribution in [2.24, 2.45) is 11.3 Å². The Morgan fingerprint density at radius 1 is 1.00 bits per heavy atom. The van der Waals surface area contributed by atoms with E-state index in [-0.39, 0.29) is 24.5 Å². The predicted molar refractivity (Wildman–Crippen MR) is 110 cm³/mol. The van der Waals surface area contributed by atoms with E-state index in [1.54, 1.807) is 40.7 Å². The number of ether oxygens (including phenoxy) is 2. The zero-order chi connectivity index (χ0) is 22.3. The maximum absolute atomic E-state index is 13.0. The second-order valence-electron chi connectivity index (χ2n) is 9.29. The van der Waals surface area contributed by atoms with E-state index in [1.165, 1.54) is 0 Å². The van der Waals surface area contributed by atoms with Crippen LogP contribution in [-0.4, -0.2) is 42.3 Å². The third-order valence-corrected chi connectivity index (χ3v) is 3.84. The quantitative estimate of drug-likeness (QED) is 0.505. The van der Waals surface area contributed by atoms with Gasteiger partial charge < -0.3 is 20.1 Å². The maximum atomic E-state index is 13.0. The summed E-state index contributed by atoms with van der Waals surface area (Å²) in [6, 6.07) is -1.19. The van der Waals surface area contributed by atoms with Crippen LogP contribution in [-0.2, 0) is 19.1 Å². The minimum absolute atomic E-state index is 0.0375. The van der Waals surface area contributed by atoms with Gasteiger partial charge in [-0.2, -0.15) is 0 Å². The van der Waals surface area contributed by atoms with Gasteiger partial charge in [0.15, 0.2) is 0 Å². The van der Waals surface area contributed by atoms with E-state index in [1.807, 2.05) is 34.6 Å². The van der Waals surface area contributed by atoms with Crippen molar-refractivity contribution in [3.8, 4) is 0 Å². The lowest BCUT2D eigenvalue weighted by Crippen LogP contribution is -2.56. The summed E-state index contributed by atoms with van der Waals surface area (Å²) in [6.07, 6.45) is 1.04. The molecule has 2 N–H and O–H groups in total. The molecule has 0 aromatic rings. The molecule has 0 saturated carbocycles. The normalized spacial score (nSPS) is 14.9. The van der Waals surface area contributed by atoms with Crippen LogP contribution in [0.1, 0.15) is 69.2 Å². The van der Waals surface area contributed by atoms with Crippen LogP contribution >= 0.6 is 0 Å². The molecule has 0 saturated heterocycles. The zero-order valence-corrected chi connectivity index (χ0v) is 19.1. The predicted octanol–water partition coefficient (Wildman–Crippen LogP) is 3.58. The van der Waals surface area contributed by atoms with Gasteiger partial charge in [-0.15, -0.1) is 0 Å². The van der Waals surface area contributed by atoms with Crippen molar-refractivity contribution in [1.82, 2.24) is 10.6 Å². The van der Waals surface area contributed by atoms with E-state index >= 15 is 0 Å². The van der Waals surface area contributed by atoms with Crippen LogP contribution in [0.25, 0.3) is 0 Å². The van der Waals surface area contributed by atoms with E-state index in [2.05, 4.69) is 10.6 Å². The summed E-state index contributed by atoms with van der Waals surface area (Å²) in [6.45, 7) is 18.4. The molecule has 2 atom stereocenters. The number of hydrogen-bond donors (Lipinski definition) is 2. The first-order valence-corrected chi connectivity index (χ1v) is 9.74. The molecule has 0 radical (unpaired) electrons. The first-order chi connectivity index (χ1) is 12.6. The Morgan fingerprint density at radius 3 is 1.93 bits per heavy atom. The number of esters is 1. The molecule has 162 valence electrons. The van der Waals surface area contributed by atoms with Gasteiger partial charge in [-0.05, 0) is 46.0 Å². The van der Waals surface area contributed by atoms with Gasteiger partial charge in [0.2, 0.25) is 5.91 Å². The van der Waals surface area contributed by atoms with Gasteiger partial charge in [-0.25, -0.2) is 9.59 Å². The van der Waals surface area contributed by atoms with Crippen LogP contribution in [0.4, 0.5) is 4.79 Å². The number of amides is 2. The van der Waals surface area contributed by atoms with Gasteiger partial charge in [0.05, 0.1) is 12.6 Å². The van der Waals surface area contributed by atoms with Crippen LogP contribution in [0.3, 0.4) is 0 Å². The Morgan fingerprint density at radius 2 is 1.54 bits per heavy atom. The van der Waals surface area contributed by atoms with Crippen molar-refractivity contribution in [2.45, 2.75) is 86.9 Å². The summed E-state index contributed by atoms with van der Waals surface area (Å²) in [5.74, 6) is -0.720. The van der Waals surface area contributed by atoms with E-state index in [4.69, 9.17) is 9.47 Å². The highest BCUT2D eigenvalue weighted by molar-refractivity contribution is 5.89. The average Bonchev–Trinajstić information content (AvgIpc) is 2.48. The Kier molecular flexibility index (Phi) is 9.71. The Bertz CT molecular complexity index is 583. The molecule has 0 aliphatic carbocycles. The highest BCUT2D eigenvalue weighted by atomic mass is 16.6. The highest BCUT2D eigenvalue weighted by Gasteiger charge is 2.35. The fraction of sp³-hybridized carbons (Fsp3) is 0.762. The second-order valence-corrected chi connectivity index (χ2v) is 9.29. The molecule has 0 aromatic heterocycles. The molecule has 0 fully saturated rings. The molecule has 0 spiro atoms. The van der Waals surface area contributed by atoms with E-state index < -0.39 is 29.1 Å². The number of nitrogens with one attached hydrogen (secondary N) is 2. The minimum atomic E-state index is -0.806. The lowest BCUT2D eigenvalue weighted by molar-refractivity contribution is -0.138. The van der Waals surface area contributed by atoms with E-state index in [0.717, 1.165) is 0 Å². The first kappa shape index (κ1) is 26.0. The largest absolute Gasteiger partial charge is 0.463 e. The standard InChI is InChI=1S/C21H38N2O5/c1-11-27-18(25)14(4)12-15(13(2)3)22-17(24)16(20(5,6)7)23-19(26)28-21(8,9)10/h12-13,15-16H,11H2,1-10H3,(H,22,24)(H,23,26)/b14-12+/t15-,16-/m1/s1. The molecule has 28 heavy (non-hydrogen) atoms. The van der Waals surface area contributed by atoms with Gasteiger partial charge in [0.25, 0.3) is 0 Å². The summed E-state index contributed by atoms with van der Waals surface area (Å²) >= 11 is 0. The van der Waals surface area contributed by atoms with Crippen LogP contribution in [0.5, 0.6) is 0 Å². The Labute approximate surface area is 169 Å². The van der Waals surface area contributed by atoms with E-state index in [0.29, 0.717) is 5.57 Å². The van der Waals surface area contributed by atoms with E-state index in [9.17, 15) is 14.4 Å². The van der Waals surface area contributed by atoms with Gasteiger partial charge in [-0.3, -0.25) is 4.79 Å². The molecule has 0 aliphatic heterocycles. The van der Waals surface area contributed by atoms with Crippen molar-refractivity contribution in [3.05, 3.63) is 11.6 Å². The van der Waals surface area contributed by atoms with Gasteiger partial charge in [-0.1, -0.05) is 40.7 Å². The van der Waals surface area contributed by atoms with Crippen LogP contribution in [0, 0.1) is 11.3 Å². The van der Waals surface area contributed by atoms with Crippen LogP contribution in [0.2, 0.25) is 0 Å². The van der Waals surface area contributed by atoms with Gasteiger partial charge in [0.1, 0.15) is 11.6 Å². The number of carbonyl (C=O) groups excluding carboxylic acids is 3. The fourth-order valence-electron chi connectivity index (χ4n) is 2.33. The fourth-order valence-corrected chi connectivity index (χ4v) is 2.33. The number of hydrogen-bond acceptors (Lipinski definition) is 5. The molecule has 0 rings (SSSR count). The molecule has 0 heterocycles. The summed E-state index contributed by atoms with van der Waals surface area (Å²) in [4.78, 5) is 37.0. The van der Waals surface area contributed by atoms with Crippen LogP contribution in [0.15, 0.2) is 11.6 Å². The first-order valence-electron chi connectivity index (χ1n) is 9.74. The smallest absolute Gasteiger partial charge is 0.408 e. The molecular formula is C21H38N2O5. The summed E-state index contributed by atoms with van der Waals surface area (Å²) < 4.78 is 10.3. The number of rotatable bonds is 7. The minimum Gasteiger partial charge on any atom is -0.463 e. The second kappa shape index (κ2) is 10.5. The van der Waals surface area contributed by atoms with Crippen molar-refractivity contribution in [3.63, 3.8) is 0 Å². The molecular weight excluding hydrogens is 360 g/mol. The van der Waals surface area contributed by atoms with Gasteiger partial charge in [0, 0.05) is 5.57 Å². The highest BCUT2D eigenvalue weighted by Crippen LogP contribution is 2.21. The summed E-state index contributed by atoms with van der Waals surface area (Å²) in [5.41, 5.74) is -0.779. The summed E-state index contributed by atoms with van der Waals surface area (Å²) in [7, 11) is 0. The van der Waals surface area contributed by atoms with Crippen LogP contribution < -0.4 is 10.6 Å². The van der Waals surface area contributed by atoms with Crippen molar-refractivity contribution in [2.75, 3.05) is 6.61 Å². The van der Waals surface area contributed by atoms with Crippen molar-refractivity contribution < 1.29 is 23.9 Å². The topological polar surface area (TPSA) is 93.7 Å². The van der Waals surface area contributed by atoms with Gasteiger partial charge >= 0.3 is 12.1 Å². The zero-order valence-electron chi connectivity index (χ0n) is 19.1. The number of carbonyl (C=O) groups is 3. The molecule has 0 aromatic carbocycles. The lowest BCUT2D eigenvalue weighted by atomic mass is 9.85. The molecule has 0 bridgehead atoms. The average molecular weight is 399 g/mol. The molecule has 0 aliphatic rings. The molecule has 2 amide bonds. The Balaban J connectivity index is 5.43. The molecule has 0 unspecified atom stereocenters.